The fourth-order valence-corrected chi connectivity index (χ4v) is 2.88. The van der Waals surface area contributed by atoms with Gasteiger partial charge in [0.05, 0.1) is 29.0 Å². The van der Waals surface area contributed by atoms with E-state index in [1.807, 2.05) is 32.9 Å². The monoisotopic (exact) mass is 400 g/mol. The van der Waals surface area contributed by atoms with Crippen molar-refractivity contribution in [2.45, 2.75) is 26.8 Å². The van der Waals surface area contributed by atoms with Crippen molar-refractivity contribution in [2.75, 3.05) is 13.2 Å². The first-order valence-corrected chi connectivity index (χ1v) is 9.26. The molecule has 3 aromatic rings. The standard InChI is InChI=1S/C19H21ClN6O2/c1-4-25(14(3)12-28-17-6-5-13(2)10-21-17)19(27)16-9-15(20)11-22-18(16)26-23-7-8-24-26/h5-11,14H,4,12H2,1-3H3/t14-/m0/s1. The molecule has 8 nitrogen and oxygen atoms in total. The van der Waals surface area contributed by atoms with Crippen molar-refractivity contribution < 1.29 is 9.53 Å². The first-order chi connectivity index (χ1) is 13.5. The van der Waals surface area contributed by atoms with Gasteiger partial charge in [0.2, 0.25) is 5.88 Å². The summed E-state index contributed by atoms with van der Waals surface area (Å²) >= 11 is 6.09. The van der Waals surface area contributed by atoms with Crippen molar-refractivity contribution in [3.05, 3.63) is 59.1 Å². The van der Waals surface area contributed by atoms with Crippen molar-refractivity contribution in [1.82, 2.24) is 29.9 Å². The largest absolute Gasteiger partial charge is 0.475 e. The molecule has 0 saturated heterocycles. The van der Waals surface area contributed by atoms with Crippen LogP contribution in [-0.2, 0) is 0 Å². The highest BCUT2D eigenvalue weighted by atomic mass is 35.5. The number of amides is 1. The topological polar surface area (TPSA) is 86.0 Å². The van der Waals surface area contributed by atoms with Gasteiger partial charge in [-0.25, -0.2) is 9.97 Å². The van der Waals surface area contributed by atoms with Gasteiger partial charge in [0, 0.05) is 25.0 Å². The maximum absolute atomic E-state index is 13.2. The second-order valence-corrected chi connectivity index (χ2v) is 6.70. The Hall–Kier alpha value is -3.00. The Morgan fingerprint density at radius 3 is 2.64 bits per heavy atom. The zero-order valence-electron chi connectivity index (χ0n) is 15.9. The van der Waals surface area contributed by atoms with Crippen LogP contribution in [0, 0.1) is 6.92 Å². The van der Waals surface area contributed by atoms with Crippen LogP contribution in [0.2, 0.25) is 5.02 Å². The lowest BCUT2D eigenvalue weighted by atomic mass is 10.2. The number of aryl methyl sites for hydroxylation is 1. The molecule has 0 radical (unpaired) electrons. The maximum Gasteiger partial charge on any atom is 0.258 e. The van der Waals surface area contributed by atoms with Crippen LogP contribution in [0.15, 0.2) is 43.0 Å². The van der Waals surface area contributed by atoms with Crippen LogP contribution in [0.1, 0.15) is 29.8 Å². The number of ether oxygens (including phenoxy) is 1. The fraction of sp³-hybridized carbons (Fsp3) is 0.316. The van der Waals surface area contributed by atoms with Crippen LogP contribution in [0.5, 0.6) is 5.88 Å². The van der Waals surface area contributed by atoms with Crippen molar-refractivity contribution in [1.29, 1.82) is 0 Å². The lowest BCUT2D eigenvalue weighted by molar-refractivity contribution is 0.0645. The SMILES string of the molecule is CCN(C(=O)c1cc(Cl)cnc1-n1nccn1)[C@@H](C)COc1ccc(C)cn1. The molecular formula is C19H21ClN6O2. The molecule has 0 N–H and O–H groups in total. The molecule has 3 rings (SSSR count). The number of carbonyl (C=O) groups excluding carboxylic acids is 1. The van der Waals surface area contributed by atoms with Gasteiger partial charge in [-0.1, -0.05) is 17.7 Å². The first kappa shape index (κ1) is 19.8. The van der Waals surface area contributed by atoms with Gasteiger partial charge in [-0.15, -0.1) is 4.80 Å². The van der Waals surface area contributed by atoms with E-state index >= 15 is 0 Å². The van der Waals surface area contributed by atoms with E-state index in [0.29, 0.717) is 35.4 Å². The Balaban J connectivity index is 1.79. The van der Waals surface area contributed by atoms with Gasteiger partial charge >= 0.3 is 0 Å². The first-order valence-electron chi connectivity index (χ1n) is 8.88. The molecule has 0 fully saturated rings. The van der Waals surface area contributed by atoms with Crippen LogP contribution in [0.25, 0.3) is 5.82 Å². The van der Waals surface area contributed by atoms with E-state index in [-0.39, 0.29) is 11.9 Å². The Morgan fingerprint density at radius 2 is 2.00 bits per heavy atom. The summed E-state index contributed by atoms with van der Waals surface area (Å²) in [5.41, 5.74) is 1.38. The minimum Gasteiger partial charge on any atom is -0.475 e. The number of aromatic nitrogens is 5. The van der Waals surface area contributed by atoms with Crippen LogP contribution in [-0.4, -0.2) is 55.0 Å². The molecule has 0 aliphatic heterocycles. The van der Waals surface area contributed by atoms with Gasteiger partial charge in [-0.05, 0) is 32.4 Å². The summed E-state index contributed by atoms with van der Waals surface area (Å²) in [5.74, 6) is 0.621. The Labute approximate surface area is 168 Å². The van der Waals surface area contributed by atoms with E-state index in [1.165, 1.54) is 23.4 Å². The zero-order chi connectivity index (χ0) is 20.1. The van der Waals surface area contributed by atoms with E-state index in [9.17, 15) is 4.79 Å². The molecule has 1 amide bonds. The molecule has 28 heavy (non-hydrogen) atoms. The third-order valence-electron chi connectivity index (χ3n) is 4.16. The van der Waals surface area contributed by atoms with E-state index in [0.717, 1.165) is 5.56 Å². The number of hydrogen-bond donors (Lipinski definition) is 0. The number of hydrogen-bond acceptors (Lipinski definition) is 6. The van der Waals surface area contributed by atoms with E-state index in [1.54, 1.807) is 17.2 Å². The number of halogens is 1. The summed E-state index contributed by atoms with van der Waals surface area (Å²) in [6.45, 7) is 6.58. The zero-order valence-corrected chi connectivity index (χ0v) is 16.7. The van der Waals surface area contributed by atoms with Gasteiger partial charge in [0.1, 0.15) is 6.61 Å². The normalized spacial score (nSPS) is 11.9. The van der Waals surface area contributed by atoms with E-state index in [4.69, 9.17) is 16.3 Å². The van der Waals surface area contributed by atoms with E-state index in [2.05, 4.69) is 20.2 Å². The third-order valence-corrected chi connectivity index (χ3v) is 4.37. The highest BCUT2D eigenvalue weighted by Crippen LogP contribution is 2.19. The van der Waals surface area contributed by atoms with Crippen molar-refractivity contribution in [3.63, 3.8) is 0 Å². The fourth-order valence-electron chi connectivity index (χ4n) is 2.72. The Kier molecular flexibility index (Phi) is 6.20. The predicted molar refractivity (Wildman–Crippen MR) is 105 cm³/mol. The Morgan fingerprint density at radius 1 is 1.25 bits per heavy atom. The summed E-state index contributed by atoms with van der Waals surface area (Å²) in [4.78, 5) is 24.7. The molecule has 0 bridgehead atoms. The molecule has 0 aliphatic rings. The molecule has 0 aromatic carbocycles. The number of carbonyl (C=O) groups is 1. The van der Waals surface area contributed by atoms with E-state index < -0.39 is 0 Å². The second kappa shape index (κ2) is 8.79. The summed E-state index contributed by atoms with van der Waals surface area (Å²) < 4.78 is 5.74. The van der Waals surface area contributed by atoms with Crippen LogP contribution < -0.4 is 4.74 Å². The molecule has 3 aromatic heterocycles. The quantitative estimate of drug-likeness (QED) is 0.606. The molecule has 0 unspecified atom stereocenters. The van der Waals surface area contributed by atoms with Crippen LogP contribution >= 0.6 is 11.6 Å². The summed E-state index contributed by atoms with van der Waals surface area (Å²) in [6, 6.07) is 5.12. The van der Waals surface area contributed by atoms with Gasteiger partial charge < -0.3 is 9.64 Å². The summed E-state index contributed by atoms with van der Waals surface area (Å²) in [6.07, 6.45) is 6.24. The molecule has 1 atom stereocenters. The molecular weight excluding hydrogens is 380 g/mol. The van der Waals surface area contributed by atoms with Crippen molar-refractivity contribution in [2.24, 2.45) is 0 Å². The summed E-state index contributed by atoms with van der Waals surface area (Å²) in [5, 5.41) is 8.50. The minimum atomic E-state index is -0.224. The summed E-state index contributed by atoms with van der Waals surface area (Å²) in [7, 11) is 0. The average Bonchev–Trinajstić information content (AvgIpc) is 3.22. The molecule has 3 heterocycles. The minimum absolute atomic E-state index is 0.196. The van der Waals surface area contributed by atoms with Crippen molar-refractivity contribution >= 4 is 17.5 Å². The molecule has 0 saturated carbocycles. The van der Waals surface area contributed by atoms with Crippen molar-refractivity contribution in [3.8, 4) is 11.7 Å². The van der Waals surface area contributed by atoms with Gasteiger partial charge in [0.25, 0.3) is 5.91 Å². The van der Waals surface area contributed by atoms with Gasteiger partial charge in [0.15, 0.2) is 5.82 Å². The van der Waals surface area contributed by atoms with Crippen LogP contribution in [0.3, 0.4) is 0 Å². The number of rotatable bonds is 7. The number of likely N-dealkylation sites (N-methyl/N-ethyl adjacent to an activating group) is 1. The maximum atomic E-state index is 13.2. The number of pyridine rings is 2. The highest BCUT2D eigenvalue weighted by molar-refractivity contribution is 6.30. The van der Waals surface area contributed by atoms with Gasteiger partial charge in [-0.2, -0.15) is 10.2 Å². The molecule has 0 spiro atoms. The smallest absolute Gasteiger partial charge is 0.258 e. The molecule has 0 aliphatic carbocycles. The highest BCUT2D eigenvalue weighted by Gasteiger charge is 2.25. The van der Waals surface area contributed by atoms with Crippen LogP contribution in [0.4, 0.5) is 0 Å². The number of nitrogens with zero attached hydrogens (tertiary/aromatic N) is 6. The lowest BCUT2D eigenvalue weighted by Crippen LogP contribution is -2.42. The molecule has 9 heteroatoms. The molecule has 146 valence electrons. The van der Waals surface area contributed by atoms with Gasteiger partial charge in [-0.3, -0.25) is 4.79 Å². The average molecular weight is 401 g/mol. The Bertz CT molecular complexity index is 930. The third kappa shape index (κ3) is 4.45. The lowest BCUT2D eigenvalue weighted by Gasteiger charge is -2.28. The predicted octanol–water partition coefficient (Wildman–Crippen LogP) is 2.95. The second-order valence-electron chi connectivity index (χ2n) is 6.27.